The zero-order valence-electron chi connectivity index (χ0n) is 18.2. The molecule has 31 heavy (non-hydrogen) atoms. The first-order chi connectivity index (χ1) is 14.8. The summed E-state index contributed by atoms with van der Waals surface area (Å²) in [6.07, 6.45) is -1.01. The van der Waals surface area contributed by atoms with Crippen molar-refractivity contribution in [3.63, 3.8) is 0 Å². The van der Waals surface area contributed by atoms with E-state index in [9.17, 15) is 14.4 Å². The van der Waals surface area contributed by atoms with Crippen molar-refractivity contribution in [2.75, 3.05) is 12.4 Å². The molecule has 8 nitrogen and oxygen atoms in total. The van der Waals surface area contributed by atoms with Crippen molar-refractivity contribution < 1.29 is 23.9 Å². The van der Waals surface area contributed by atoms with Gasteiger partial charge in [0.25, 0.3) is 5.91 Å². The fraction of sp³-hybridized carbons (Fsp3) is 0.348. The van der Waals surface area contributed by atoms with Gasteiger partial charge in [0.2, 0.25) is 0 Å². The number of rotatable bonds is 9. The number of anilines is 1. The smallest absolute Gasteiger partial charge is 0.329 e. The number of para-hydroxylation sites is 1. The molecule has 0 bridgehead atoms. The van der Waals surface area contributed by atoms with Gasteiger partial charge in [0, 0.05) is 12.2 Å². The lowest BCUT2D eigenvalue weighted by atomic mass is 10.0. The SMILES string of the molecule is COc1ccc(CNC(=O)[C@@H](C)OC(=O)[C@H](NC(=O)Nc2ccccc2)C(C)C)cc1. The van der Waals surface area contributed by atoms with E-state index in [1.54, 1.807) is 57.4 Å². The molecule has 2 aromatic rings. The van der Waals surface area contributed by atoms with Crippen LogP contribution in [0.3, 0.4) is 0 Å². The minimum Gasteiger partial charge on any atom is -0.497 e. The van der Waals surface area contributed by atoms with Gasteiger partial charge in [0.15, 0.2) is 6.10 Å². The first-order valence-corrected chi connectivity index (χ1v) is 10.0. The Balaban J connectivity index is 1.86. The number of urea groups is 1. The van der Waals surface area contributed by atoms with Crippen LogP contribution in [0.4, 0.5) is 10.5 Å². The predicted octanol–water partition coefficient (Wildman–Crippen LogP) is 3.09. The second-order valence-corrected chi connectivity index (χ2v) is 7.33. The first kappa shape index (κ1) is 23.7. The van der Waals surface area contributed by atoms with Crippen molar-refractivity contribution in [3.05, 3.63) is 60.2 Å². The van der Waals surface area contributed by atoms with Gasteiger partial charge in [0.05, 0.1) is 7.11 Å². The number of carbonyl (C=O) groups excluding carboxylic acids is 3. The molecule has 0 aliphatic rings. The van der Waals surface area contributed by atoms with Crippen molar-refractivity contribution in [1.82, 2.24) is 10.6 Å². The number of benzene rings is 2. The zero-order valence-corrected chi connectivity index (χ0v) is 18.2. The number of methoxy groups -OCH3 is 1. The van der Waals surface area contributed by atoms with Gasteiger partial charge >= 0.3 is 12.0 Å². The number of ether oxygens (including phenoxy) is 2. The number of hydrogen-bond donors (Lipinski definition) is 3. The van der Waals surface area contributed by atoms with Crippen molar-refractivity contribution in [2.45, 2.75) is 39.5 Å². The van der Waals surface area contributed by atoms with E-state index in [4.69, 9.17) is 9.47 Å². The van der Waals surface area contributed by atoms with E-state index in [1.807, 2.05) is 18.2 Å². The van der Waals surface area contributed by atoms with Crippen molar-refractivity contribution in [2.24, 2.45) is 5.92 Å². The zero-order chi connectivity index (χ0) is 22.8. The second kappa shape index (κ2) is 11.6. The van der Waals surface area contributed by atoms with Gasteiger partial charge in [-0.15, -0.1) is 0 Å². The molecule has 166 valence electrons. The molecule has 0 radical (unpaired) electrons. The van der Waals surface area contributed by atoms with Gasteiger partial charge in [-0.1, -0.05) is 44.2 Å². The quantitative estimate of drug-likeness (QED) is 0.533. The lowest BCUT2D eigenvalue weighted by Crippen LogP contribution is -2.49. The number of esters is 1. The summed E-state index contributed by atoms with van der Waals surface area (Å²) >= 11 is 0. The van der Waals surface area contributed by atoms with Gasteiger partial charge in [-0.25, -0.2) is 9.59 Å². The van der Waals surface area contributed by atoms with Gasteiger partial charge in [-0.2, -0.15) is 0 Å². The van der Waals surface area contributed by atoms with Crippen LogP contribution in [0.15, 0.2) is 54.6 Å². The highest BCUT2D eigenvalue weighted by Gasteiger charge is 2.29. The second-order valence-electron chi connectivity index (χ2n) is 7.33. The van der Waals surface area contributed by atoms with Crippen LogP contribution in [0.2, 0.25) is 0 Å². The molecule has 0 fully saturated rings. The van der Waals surface area contributed by atoms with Crippen LogP contribution < -0.4 is 20.7 Å². The van der Waals surface area contributed by atoms with Crippen molar-refractivity contribution >= 4 is 23.6 Å². The van der Waals surface area contributed by atoms with Crippen LogP contribution in [0.1, 0.15) is 26.3 Å². The number of amides is 3. The number of nitrogens with one attached hydrogen (secondary N) is 3. The highest BCUT2D eigenvalue weighted by molar-refractivity contribution is 5.93. The van der Waals surface area contributed by atoms with Crippen LogP contribution in [-0.4, -0.2) is 37.2 Å². The summed E-state index contributed by atoms with van der Waals surface area (Å²) in [5.74, 6) is -0.616. The summed E-state index contributed by atoms with van der Waals surface area (Å²) in [7, 11) is 1.58. The average molecular weight is 428 g/mol. The monoisotopic (exact) mass is 427 g/mol. The normalized spacial score (nSPS) is 12.4. The van der Waals surface area contributed by atoms with E-state index in [0.717, 1.165) is 11.3 Å². The number of hydrogen-bond acceptors (Lipinski definition) is 5. The van der Waals surface area contributed by atoms with E-state index in [0.29, 0.717) is 5.69 Å². The van der Waals surface area contributed by atoms with Crippen LogP contribution in [0.5, 0.6) is 5.75 Å². The summed E-state index contributed by atoms with van der Waals surface area (Å²) in [4.78, 5) is 37.1. The Morgan fingerprint density at radius 1 is 0.935 bits per heavy atom. The third-order valence-electron chi connectivity index (χ3n) is 4.53. The van der Waals surface area contributed by atoms with Gasteiger partial charge in [-0.3, -0.25) is 4.79 Å². The molecule has 0 saturated heterocycles. The molecule has 0 unspecified atom stereocenters. The molecule has 0 aliphatic carbocycles. The molecule has 2 aromatic carbocycles. The van der Waals surface area contributed by atoms with E-state index in [-0.39, 0.29) is 12.5 Å². The Hall–Kier alpha value is -3.55. The highest BCUT2D eigenvalue weighted by Crippen LogP contribution is 2.12. The Labute approximate surface area is 182 Å². The Morgan fingerprint density at radius 2 is 1.58 bits per heavy atom. The maximum atomic E-state index is 12.6. The molecule has 0 saturated carbocycles. The molecule has 0 aliphatic heterocycles. The van der Waals surface area contributed by atoms with Crippen LogP contribution >= 0.6 is 0 Å². The van der Waals surface area contributed by atoms with E-state index < -0.39 is 30.1 Å². The first-order valence-electron chi connectivity index (χ1n) is 10.0. The Morgan fingerprint density at radius 3 is 2.16 bits per heavy atom. The summed E-state index contributed by atoms with van der Waals surface area (Å²) in [5.41, 5.74) is 1.48. The predicted molar refractivity (Wildman–Crippen MR) is 118 cm³/mol. The molecule has 8 heteroatoms. The summed E-state index contributed by atoms with van der Waals surface area (Å²) in [6.45, 7) is 5.34. The summed E-state index contributed by atoms with van der Waals surface area (Å²) in [5, 5.41) is 7.99. The summed E-state index contributed by atoms with van der Waals surface area (Å²) < 4.78 is 10.4. The number of carbonyl (C=O) groups is 3. The van der Waals surface area contributed by atoms with Gasteiger partial charge in [0.1, 0.15) is 11.8 Å². The molecular weight excluding hydrogens is 398 g/mol. The van der Waals surface area contributed by atoms with Crippen LogP contribution in [-0.2, 0) is 20.9 Å². The molecule has 0 aromatic heterocycles. The minimum atomic E-state index is -1.01. The lowest BCUT2D eigenvalue weighted by molar-refractivity contribution is -0.157. The fourth-order valence-electron chi connectivity index (χ4n) is 2.71. The molecule has 2 rings (SSSR count). The molecule has 3 N–H and O–H groups in total. The largest absolute Gasteiger partial charge is 0.497 e. The molecular formula is C23H29N3O5. The fourth-order valence-corrected chi connectivity index (χ4v) is 2.71. The Kier molecular flexibility index (Phi) is 8.87. The average Bonchev–Trinajstić information content (AvgIpc) is 2.76. The highest BCUT2D eigenvalue weighted by atomic mass is 16.5. The standard InChI is InChI=1S/C23H29N3O5/c1-15(2)20(26-23(29)25-18-8-6-5-7-9-18)22(28)31-16(3)21(27)24-14-17-10-12-19(30-4)13-11-17/h5-13,15-16,20H,14H2,1-4H3,(H,24,27)(H2,25,26,29)/t16-,20-/m1/s1. The van der Waals surface area contributed by atoms with E-state index in [2.05, 4.69) is 16.0 Å². The topological polar surface area (TPSA) is 106 Å². The molecule has 2 atom stereocenters. The molecule has 0 spiro atoms. The molecule has 0 heterocycles. The Bertz CT molecular complexity index is 869. The van der Waals surface area contributed by atoms with Crippen LogP contribution in [0, 0.1) is 5.92 Å². The lowest BCUT2D eigenvalue weighted by Gasteiger charge is -2.23. The van der Waals surface area contributed by atoms with Gasteiger partial charge in [-0.05, 0) is 42.7 Å². The van der Waals surface area contributed by atoms with E-state index in [1.165, 1.54) is 6.92 Å². The van der Waals surface area contributed by atoms with Gasteiger partial charge < -0.3 is 25.4 Å². The van der Waals surface area contributed by atoms with Crippen molar-refractivity contribution in [1.29, 1.82) is 0 Å². The molecule has 3 amide bonds. The maximum Gasteiger partial charge on any atom is 0.329 e. The van der Waals surface area contributed by atoms with Crippen LogP contribution in [0.25, 0.3) is 0 Å². The third-order valence-corrected chi connectivity index (χ3v) is 4.53. The van der Waals surface area contributed by atoms with E-state index >= 15 is 0 Å². The third kappa shape index (κ3) is 7.65. The maximum absolute atomic E-state index is 12.6. The summed E-state index contributed by atoms with van der Waals surface area (Å²) in [6, 6.07) is 14.7. The van der Waals surface area contributed by atoms with Crippen molar-refractivity contribution in [3.8, 4) is 5.75 Å². The minimum absolute atomic E-state index is 0.233.